The standard InChI is InChI=1S/C23H23N3O5S/c1-4-5-11-30-16-8-6-7-15(12-16)19-18(20(27)17-10-9-13(2)31-17)21(28)22(29)26(19)23-25-24-14(3)32-23/h6-10,12,18-19H,4-5,11H2,1-3H3. The lowest BCUT2D eigenvalue weighted by Crippen LogP contribution is -2.30. The van der Waals surface area contributed by atoms with Crippen LogP contribution in [0.4, 0.5) is 5.13 Å². The smallest absolute Gasteiger partial charge is 0.297 e. The molecule has 2 unspecified atom stereocenters. The van der Waals surface area contributed by atoms with Gasteiger partial charge in [0.15, 0.2) is 5.76 Å². The zero-order chi connectivity index (χ0) is 22.8. The third-order valence-corrected chi connectivity index (χ3v) is 6.10. The van der Waals surface area contributed by atoms with Gasteiger partial charge in [0.25, 0.3) is 5.91 Å². The molecule has 9 heteroatoms. The fourth-order valence-electron chi connectivity index (χ4n) is 3.71. The third kappa shape index (κ3) is 4.08. The molecule has 0 N–H and O–H groups in total. The Morgan fingerprint density at radius 1 is 1.19 bits per heavy atom. The van der Waals surface area contributed by atoms with Gasteiger partial charge in [-0.3, -0.25) is 19.3 Å². The summed E-state index contributed by atoms with van der Waals surface area (Å²) in [5.74, 6) is -2.18. The van der Waals surface area contributed by atoms with Crippen molar-refractivity contribution in [1.82, 2.24) is 10.2 Å². The summed E-state index contributed by atoms with van der Waals surface area (Å²) in [4.78, 5) is 40.7. The van der Waals surface area contributed by atoms with Crippen LogP contribution in [0.15, 0.2) is 40.8 Å². The highest BCUT2D eigenvalue weighted by Crippen LogP contribution is 2.42. The van der Waals surface area contributed by atoms with Gasteiger partial charge in [-0.25, -0.2) is 0 Å². The van der Waals surface area contributed by atoms with Crippen molar-refractivity contribution in [2.75, 3.05) is 11.5 Å². The van der Waals surface area contributed by atoms with E-state index in [1.54, 1.807) is 38.1 Å². The Kier molecular flexibility index (Phi) is 6.18. The number of carbonyl (C=O) groups excluding carboxylic acids is 3. The molecule has 1 saturated heterocycles. The van der Waals surface area contributed by atoms with Gasteiger partial charge in [-0.2, -0.15) is 0 Å². The van der Waals surface area contributed by atoms with Crippen molar-refractivity contribution in [3.05, 3.63) is 58.5 Å². The predicted molar refractivity (Wildman–Crippen MR) is 118 cm³/mol. The Bertz CT molecular complexity index is 1170. The number of benzene rings is 1. The molecule has 0 bridgehead atoms. The number of amides is 1. The first-order chi connectivity index (χ1) is 15.4. The summed E-state index contributed by atoms with van der Waals surface area (Å²) in [5.41, 5.74) is 0.604. The Morgan fingerprint density at radius 3 is 2.66 bits per heavy atom. The number of hydrogen-bond donors (Lipinski definition) is 0. The largest absolute Gasteiger partial charge is 0.494 e. The first-order valence-electron chi connectivity index (χ1n) is 10.4. The van der Waals surface area contributed by atoms with Gasteiger partial charge in [-0.1, -0.05) is 36.8 Å². The van der Waals surface area contributed by atoms with E-state index in [0.29, 0.717) is 28.7 Å². The van der Waals surface area contributed by atoms with E-state index in [9.17, 15) is 14.4 Å². The molecule has 3 heterocycles. The van der Waals surface area contributed by atoms with Crippen molar-refractivity contribution in [2.45, 2.75) is 39.7 Å². The molecule has 1 aliphatic heterocycles. The molecule has 0 radical (unpaired) electrons. The SMILES string of the molecule is CCCCOc1cccc(C2C(C(=O)c3ccc(C)o3)C(=O)C(=O)N2c2nnc(C)s2)c1. The van der Waals surface area contributed by atoms with Crippen molar-refractivity contribution >= 4 is 33.9 Å². The van der Waals surface area contributed by atoms with E-state index in [1.165, 1.54) is 22.3 Å². The summed E-state index contributed by atoms with van der Waals surface area (Å²) >= 11 is 1.19. The average Bonchev–Trinajstić information content (AvgIpc) is 3.47. The molecular formula is C23H23N3O5S. The van der Waals surface area contributed by atoms with Crippen LogP contribution in [0.2, 0.25) is 0 Å². The van der Waals surface area contributed by atoms with Gasteiger partial charge in [-0.15, -0.1) is 10.2 Å². The molecule has 2 atom stereocenters. The second kappa shape index (κ2) is 9.04. The predicted octanol–water partition coefficient (Wildman–Crippen LogP) is 4.08. The van der Waals surface area contributed by atoms with Crippen LogP contribution in [-0.2, 0) is 9.59 Å². The van der Waals surface area contributed by atoms with E-state index < -0.39 is 29.4 Å². The van der Waals surface area contributed by atoms with Gasteiger partial charge in [0, 0.05) is 0 Å². The number of rotatable bonds is 8. The molecule has 166 valence electrons. The quantitative estimate of drug-likeness (QED) is 0.219. The number of aromatic nitrogens is 2. The molecule has 3 aromatic rings. The topological polar surface area (TPSA) is 103 Å². The number of ether oxygens (including phenoxy) is 1. The van der Waals surface area contributed by atoms with Crippen molar-refractivity contribution in [3.63, 3.8) is 0 Å². The van der Waals surface area contributed by atoms with Gasteiger partial charge in [0.05, 0.1) is 12.6 Å². The minimum atomic E-state index is -1.26. The molecule has 2 aromatic heterocycles. The summed E-state index contributed by atoms with van der Waals surface area (Å²) in [6.07, 6.45) is 1.90. The fourth-order valence-corrected chi connectivity index (χ4v) is 4.43. The van der Waals surface area contributed by atoms with Gasteiger partial charge in [0.1, 0.15) is 22.4 Å². The van der Waals surface area contributed by atoms with Crippen molar-refractivity contribution in [1.29, 1.82) is 0 Å². The van der Waals surface area contributed by atoms with Crippen LogP contribution < -0.4 is 9.64 Å². The average molecular weight is 454 g/mol. The number of furan rings is 1. The summed E-state index contributed by atoms with van der Waals surface area (Å²) in [6, 6.07) is 9.43. The maximum Gasteiger partial charge on any atom is 0.297 e. The van der Waals surface area contributed by atoms with Crippen LogP contribution in [0.1, 0.15) is 52.7 Å². The summed E-state index contributed by atoms with van der Waals surface area (Å²) < 4.78 is 11.3. The number of Topliss-reactive ketones (excluding diaryl/α,β-unsaturated/α-hetero) is 2. The van der Waals surface area contributed by atoms with Gasteiger partial charge in [0.2, 0.25) is 16.7 Å². The van der Waals surface area contributed by atoms with Crippen LogP contribution in [0, 0.1) is 19.8 Å². The molecule has 1 aliphatic rings. The molecule has 8 nitrogen and oxygen atoms in total. The van der Waals surface area contributed by atoms with E-state index in [1.807, 2.05) is 6.07 Å². The highest BCUT2D eigenvalue weighted by atomic mass is 32.1. The Morgan fingerprint density at radius 2 is 2.00 bits per heavy atom. The number of ketones is 2. The Balaban J connectivity index is 1.78. The lowest BCUT2D eigenvalue weighted by molar-refractivity contribution is -0.135. The van der Waals surface area contributed by atoms with Crippen LogP contribution in [-0.4, -0.2) is 34.3 Å². The number of aryl methyl sites for hydroxylation is 2. The highest BCUT2D eigenvalue weighted by molar-refractivity contribution is 7.15. The van der Waals surface area contributed by atoms with Crippen LogP contribution >= 0.6 is 11.3 Å². The number of nitrogens with zero attached hydrogens (tertiary/aromatic N) is 3. The van der Waals surface area contributed by atoms with Crippen LogP contribution in [0.5, 0.6) is 5.75 Å². The molecule has 1 aromatic carbocycles. The molecular weight excluding hydrogens is 430 g/mol. The zero-order valence-electron chi connectivity index (χ0n) is 18.0. The lowest BCUT2D eigenvalue weighted by atomic mass is 9.88. The van der Waals surface area contributed by atoms with Gasteiger partial charge in [-0.05, 0) is 50.1 Å². The number of carbonyl (C=O) groups is 3. The summed E-state index contributed by atoms with van der Waals surface area (Å²) in [6.45, 7) is 6.10. The van der Waals surface area contributed by atoms with Crippen LogP contribution in [0.25, 0.3) is 0 Å². The van der Waals surface area contributed by atoms with E-state index in [2.05, 4.69) is 17.1 Å². The maximum absolute atomic E-state index is 13.3. The molecule has 0 aliphatic carbocycles. The van der Waals surface area contributed by atoms with Crippen LogP contribution in [0.3, 0.4) is 0 Å². The van der Waals surface area contributed by atoms with Crippen molar-refractivity contribution in [2.24, 2.45) is 5.92 Å². The fraction of sp³-hybridized carbons (Fsp3) is 0.348. The molecule has 0 saturated carbocycles. The minimum Gasteiger partial charge on any atom is -0.494 e. The van der Waals surface area contributed by atoms with Crippen molar-refractivity contribution < 1.29 is 23.5 Å². The number of hydrogen-bond acceptors (Lipinski definition) is 8. The Labute approximate surface area is 189 Å². The zero-order valence-corrected chi connectivity index (χ0v) is 18.8. The first-order valence-corrected chi connectivity index (χ1v) is 11.2. The van der Waals surface area contributed by atoms with E-state index >= 15 is 0 Å². The lowest BCUT2D eigenvalue weighted by Gasteiger charge is -2.24. The third-order valence-electron chi connectivity index (χ3n) is 5.26. The maximum atomic E-state index is 13.3. The van der Waals surface area contributed by atoms with Gasteiger partial charge < -0.3 is 9.15 Å². The second-order valence-electron chi connectivity index (χ2n) is 7.61. The van der Waals surface area contributed by atoms with Crippen molar-refractivity contribution in [3.8, 4) is 5.75 Å². The minimum absolute atomic E-state index is 0.0456. The summed E-state index contributed by atoms with van der Waals surface area (Å²) in [5, 5.41) is 8.97. The molecule has 32 heavy (non-hydrogen) atoms. The highest BCUT2D eigenvalue weighted by Gasteiger charge is 2.54. The second-order valence-corrected chi connectivity index (χ2v) is 8.77. The normalized spacial score (nSPS) is 18.4. The number of unbranched alkanes of at least 4 members (excludes halogenated alkanes) is 1. The van der Waals surface area contributed by atoms with E-state index in [4.69, 9.17) is 9.15 Å². The summed E-state index contributed by atoms with van der Waals surface area (Å²) in [7, 11) is 0. The number of anilines is 1. The van der Waals surface area contributed by atoms with Gasteiger partial charge >= 0.3 is 0 Å². The molecule has 0 spiro atoms. The Hall–Kier alpha value is -3.33. The monoisotopic (exact) mass is 453 g/mol. The first kappa shape index (κ1) is 21.9. The molecule has 1 amide bonds. The molecule has 1 fully saturated rings. The van der Waals surface area contributed by atoms with E-state index in [0.717, 1.165) is 12.8 Å². The van der Waals surface area contributed by atoms with E-state index in [-0.39, 0.29) is 10.9 Å². The molecule has 4 rings (SSSR count).